The van der Waals surface area contributed by atoms with Crippen molar-refractivity contribution >= 4 is 17.5 Å². The zero-order valence-corrected chi connectivity index (χ0v) is 14.4. The van der Waals surface area contributed by atoms with Crippen LogP contribution >= 0.6 is 11.6 Å². The van der Waals surface area contributed by atoms with Crippen LogP contribution in [0.2, 0.25) is 0 Å². The van der Waals surface area contributed by atoms with E-state index in [0.717, 1.165) is 19.4 Å². The van der Waals surface area contributed by atoms with Crippen LogP contribution in [0.5, 0.6) is 0 Å². The molecule has 0 saturated heterocycles. The first-order valence-electron chi connectivity index (χ1n) is 8.27. The molecule has 22 heavy (non-hydrogen) atoms. The van der Waals surface area contributed by atoms with Gasteiger partial charge < -0.3 is 5.32 Å². The number of nitrogens with one attached hydrogen (secondary N) is 1. The van der Waals surface area contributed by atoms with Crippen LogP contribution in [0.25, 0.3) is 0 Å². The van der Waals surface area contributed by atoms with Gasteiger partial charge in [0.2, 0.25) is 5.91 Å². The predicted molar refractivity (Wildman–Crippen MR) is 92.0 cm³/mol. The second-order valence-corrected chi connectivity index (χ2v) is 6.68. The third kappa shape index (κ3) is 4.72. The Morgan fingerprint density at radius 3 is 2.59 bits per heavy atom. The molecule has 1 fully saturated rings. The van der Waals surface area contributed by atoms with Gasteiger partial charge in [0.05, 0.1) is 0 Å². The lowest BCUT2D eigenvalue weighted by molar-refractivity contribution is -0.120. The second-order valence-electron chi connectivity index (χ2n) is 6.41. The SMILES string of the molecule is CC(C)N(Cc1ccccc1)[C@H]1CCCC[C@@H]1NC(=O)CCl. The highest BCUT2D eigenvalue weighted by Crippen LogP contribution is 2.26. The topological polar surface area (TPSA) is 32.3 Å². The van der Waals surface area contributed by atoms with Gasteiger partial charge in [-0.15, -0.1) is 11.6 Å². The number of carbonyl (C=O) groups excluding carboxylic acids is 1. The number of nitrogens with zero attached hydrogens (tertiary/aromatic N) is 1. The first-order valence-corrected chi connectivity index (χ1v) is 8.80. The monoisotopic (exact) mass is 322 g/mol. The molecule has 1 N–H and O–H groups in total. The summed E-state index contributed by atoms with van der Waals surface area (Å²) in [4.78, 5) is 14.2. The molecule has 2 atom stereocenters. The van der Waals surface area contributed by atoms with Crippen molar-refractivity contribution in [2.75, 3.05) is 5.88 Å². The number of amides is 1. The molecule has 1 aliphatic rings. The molecule has 1 aliphatic carbocycles. The van der Waals surface area contributed by atoms with E-state index < -0.39 is 0 Å². The minimum atomic E-state index is -0.0537. The molecular weight excluding hydrogens is 296 g/mol. The standard InChI is InChI=1S/C18H27ClN2O/c1-14(2)21(13-15-8-4-3-5-9-15)17-11-7-6-10-16(17)20-18(22)12-19/h3-5,8-9,14,16-17H,6-7,10-13H2,1-2H3,(H,20,22)/t16-,17-/m0/s1. The van der Waals surface area contributed by atoms with Gasteiger partial charge in [0.25, 0.3) is 0 Å². The van der Waals surface area contributed by atoms with Crippen molar-refractivity contribution in [2.24, 2.45) is 0 Å². The highest BCUT2D eigenvalue weighted by molar-refractivity contribution is 6.27. The van der Waals surface area contributed by atoms with Gasteiger partial charge in [-0.1, -0.05) is 43.2 Å². The maximum absolute atomic E-state index is 11.7. The smallest absolute Gasteiger partial charge is 0.235 e. The molecule has 0 aliphatic heterocycles. The molecular formula is C18H27ClN2O. The summed E-state index contributed by atoms with van der Waals surface area (Å²) in [6, 6.07) is 11.6. The first-order chi connectivity index (χ1) is 10.6. The van der Waals surface area contributed by atoms with Gasteiger partial charge >= 0.3 is 0 Å². The summed E-state index contributed by atoms with van der Waals surface area (Å²) in [5.74, 6) is -0.00850. The Balaban J connectivity index is 2.11. The zero-order valence-electron chi connectivity index (χ0n) is 13.6. The van der Waals surface area contributed by atoms with Gasteiger partial charge in [0.1, 0.15) is 5.88 Å². The van der Waals surface area contributed by atoms with Crippen LogP contribution < -0.4 is 5.32 Å². The quantitative estimate of drug-likeness (QED) is 0.812. The molecule has 0 spiro atoms. The first kappa shape index (κ1) is 17.3. The second kappa shape index (κ2) is 8.54. The summed E-state index contributed by atoms with van der Waals surface area (Å²) in [7, 11) is 0. The average Bonchev–Trinajstić information content (AvgIpc) is 2.54. The lowest BCUT2D eigenvalue weighted by atomic mass is 9.88. The fraction of sp³-hybridized carbons (Fsp3) is 0.611. The van der Waals surface area contributed by atoms with Crippen molar-refractivity contribution in [3.05, 3.63) is 35.9 Å². The Hall–Kier alpha value is -1.06. The molecule has 1 amide bonds. The van der Waals surface area contributed by atoms with E-state index in [1.807, 2.05) is 6.07 Å². The zero-order chi connectivity index (χ0) is 15.9. The van der Waals surface area contributed by atoms with Crippen molar-refractivity contribution in [1.29, 1.82) is 0 Å². The fourth-order valence-corrected chi connectivity index (χ4v) is 3.48. The minimum Gasteiger partial charge on any atom is -0.351 e. The largest absolute Gasteiger partial charge is 0.351 e. The molecule has 3 nitrogen and oxygen atoms in total. The van der Waals surface area contributed by atoms with E-state index in [9.17, 15) is 4.79 Å². The predicted octanol–water partition coefficient (Wildman–Crippen LogP) is 3.56. The molecule has 0 heterocycles. The summed E-state index contributed by atoms with van der Waals surface area (Å²) < 4.78 is 0. The van der Waals surface area contributed by atoms with Gasteiger partial charge in [-0.3, -0.25) is 9.69 Å². The summed E-state index contributed by atoms with van der Waals surface area (Å²) in [5.41, 5.74) is 1.32. The van der Waals surface area contributed by atoms with Crippen molar-refractivity contribution < 1.29 is 4.79 Å². The van der Waals surface area contributed by atoms with Gasteiger partial charge in [0, 0.05) is 24.7 Å². The maximum atomic E-state index is 11.7. The fourth-order valence-electron chi connectivity index (χ4n) is 3.40. The number of rotatable bonds is 6. The van der Waals surface area contributed by atoms with Gasteiger partial charge in [-0.25, -0.2) is 0 Å². The molecule has 2 rings (SSSR count). The van der Waals surface area contributed by atoms with Crippen LogP contribution in [0.4, 0.5) is 0 Å². The van der Waals surface area contributed by atoms with E-state index in [1.165, 1.54) is 18.4 Å². The van der Waals surface area contributed by atoms with Crippen LogP contribution in [0.3, 0.4) is 0 Å². The third-order valence-electron chi connectivity index (χ3n) is 4.49. The Morgan fingerprint density at radius 1 is 1.27 bits per heavy atom. The van der Waals surface area contributed by atoms with E-state index in [-0.39, 0.29) is 17.8 Å². The molecule has 122 valence electrons. The molecule has 0 aromatic heterocycles. The van der Waals surface area contributed by atoms with Gasteiger partial charge in [-0.2, -0.15) is 0 Å². The summed E-state index contributed by atoms with van der Waals surface area (Å²) in [6.07, 6.45) is 4.60. The summed E-state index contributed by atoms with van der Waals surface area (Å²) >= 11 is 5.67. The lowest BCUT2D eigenvalue weighted by Crippen LogP contribution is -2.55. The number of halogens is 1. The van der Waals surface area contributed by atoms with E-state index >= 15 is 0 Å². The minimum absolute atomic E-state index is 0.0452. The number of hydrogen-bond acceptors (Lipinski definition) is 2. The van der Waals surface area contributed by atoms with Gasteiger partial charge in [0.15, 0.2) is 0 Å². The summed E-state index contributed by atoms with van der Waals surface area (Å²) in [5, 5.41) is 3.13. The van der Waals surface area contributed by atoms with Crippen molar-refractivity contribution in [1.82, 2.24) is 10.2 Å². The highest BCUT2D eigenvalue weighted by Gasteiger charge is 2.32. The van der Waals surface area contributed by atoms with E-state index in [2.05, 4.69) is 48.3 Å². The Bertz CT molecular complexity index is 463. The molecule has 4 heteroatoms. The summed E-state index contributed by atoms with van der Waals surface area (Å²) in [6.45, 7) is 5.40. The van der Waals surface area contributed by atoms with Crippen molar-refractivity contribution in [2.45, 2.75) is 64.2 Å². The highest BCUT2D eigenvalue weighted by atomic mass is 35.5. The number of benzene rings is 1. The third-order valence-corrected chi connectivity index (χ3v) is 4.74. The van der Waals surface area contributed by atoms with E-state index in [4.69, 9.17) is 11.6 Å². The van der Waals surface area contributed by atoms with Crippen LogP contribution in [-0.4, -0.2) is 34.8 Å². The lowest BCUT2D eigenvalue weighted by Gasteiger charge is -2.42. The molecule has 1 aromatic rings. The normalized spacial score (nSPS) is 22.0. The Kier molecular flexibility index (Phi) is 6.71. The molecule has 0 unspecified atom stereocenters. The maximum Gasteiger partial charge on any atom is 0.235 e. The Labute approximate surface area is 139 Å². The van der Waals surface area contributed by atoms with E-state index in [1.54, 1.807) is 0 Å². The number of hydrogen-bond donors (Lipinski definition) is 1. The molecule has 1 aromatic carbocycles. The van der Waals surface area contributed by atoms with E-state index in [0.29, 0.717) is 12.1 Å². The average molecular weight is 323 g/mol. The van der Waals surface area contributed by atoms with Crippen LogP contribution in [-0.2, 0) is 11.3 Å². The van der Waals surface area contributed by atoms with Crippen LogP contribution in [0.1, 0.15) is 45.1 Å². The Morgan fingerprint density at radius 2 is 1.95 bits per heavy atom. The molecule has 1 saturated carbocycles. The van der Waals surface area contributed by atoms with Crippen LogP contribution in [0.15, 0.2) is 30.3 Å². The number of alkyl halides is 1. The van der Waals surface area contributed by atoms with Gasteiger partial charge in [-0.05, 0) is 32.3 Å². The molecule has 0 bridgehead atoms. The van der Waals surface area contributed by atoms with Crippen molar-refractivity contribution in [3.8, 4) is 0 Å². The molecule has 0 radical (unpaired) electrons. The van der Waals surface area contributed by atoms with Crippen molar-refractivity contribution in [3.63, 3.8) is 0 Å². The number of carbonyl (C=O) groups is 1. The van der Waals surface area contributed by atoms with Crippen LogP contribution in [0, 0.1) is 0 Å².